The van der Waals surface area contributed by atoms with Gasteiger partial charge in [-0.1, -0.05) is 12.1 Å². The molecule has 3 rings (SSSR count). The van der Waals surface area contributed by atoms with Crippen molar-refractivity contribution in [3.8, 4) is 0 Å². The van der Waals surface area contributed by atoms with Crippen LogP contribution in [-0.2, 0) is 20.7 Å². The molecule has 28 heavy (non-hydrogen) atoms. The molecule has 3 aromatic rings. The number of ether oxygens (including phenoxy) is 1. The van der Waals surface area contributed by atoms with Gasteiger partial charge in [-0.2, -0.15) is 0 Å². The van der Waals surface area contributed by atoms with Gasteiger partial charge in [-0.3, -0.25) is 14.4 Å². The summed E-state index contributed by atoms with van der Waals surface area (Å²) in [6, 6.07) is 9.30. The molecular formula is C21H18FNO5. The minimum absolute atomic E-state index is 0.0622. The van der Waals surface area contributed by atoms with E-state index in [2.05, 4.69) is 5.32 Å². The molecule has 0 radical (unpaired) electrons. The molecule has 1 aromatic heterocycles. The van der Waals surface area contributed by atoms with Crippen LogP contribution in [0.1, 0.15) is 28.4 Å². The Kier molecular flexibility index (Phi) is 5.54. The van der Waals surface area contributed by atoms with E-state index in [0.29, 0.717) is 11.1 Å². The number of amides is 1. The van der Waals surface area contributed by atoms with Crippen LogP contribution in [0.2, 0.25) is 0 Å². The Balaban J connectivity index is 1.61. The quantitative estimate of drug-likeness (QED) is 0.517. The first-order chi connectivity index (χ1) is 13.3. The van der Waals surface area contributed by atoms with E-state index in [-0.39, 0.29) is 23.6 Å². The minimum Gasteiger partial charge on any atom is -0.464 e. The van der Waals surface area contributed by atoms with Crippen LogP contribution in [0.25, 0.3) is 11.0 Å². The Morgan fingerprint density at radius 2 is 1.93 bits per heavy atom. The number of hydrogen-bond donors (Lipinski definition) is 1. The van der Waals surface area contributed by atoms with Gasteiger partial charge in [0.1, 0.15) is 11.4 Å². The summed E-state index contributed by atoms with van der Waals surface area (Å²) in [5.41, 5.74) is 2.37. The third kappa shape index (κ3) is 4.43. The van der Waals surface area contributed by atoms with Gasteiger partial charge in [-0.05, 0) is 36.8 Å². The summed E-state index contributed by atoms with van der Waals surface area (Å²) in [4.78, 5) is 35.2. The summed E-state index contributed by atoms with van der Waals surface area (Å²) in [6.45, 7) is 2.65. The van der Waals surface area contributed by atoms with Gasteiger partial charge in [0.05, 0.1) is 18.2 Å². The third-order valence-corrected chi connectivity index (χ3v) is 4.10. The van der Waals surface area contributed by atoms with E-state index in [1.165, 1.54) is 25.3 Å². The van der Waals surface area contributed by atoms with Gasteiger partial charge in [0.2, 0.25) is 11.7 Å². The number of ketones is 1. The van der Waals surface area contributed by atoms with Crippen LogP contribution < -0.4 is 5.32 Å². The van der Waals surface area contributed by atoms with Crippen LogP contribution in [0.3, 0.4) is 0 Å². The van der Waals surface area contributed by atoms with E-state index < -0.39 is 24.2 Å². The van der Waals surface area contributed by atoms with Crippen molar-refractivity contribution in [2.75, 3.05) is 11.9 Å². The van der Waals surface area contributed by atoms with E-state index >= 15 is 0 Å². The Morgan fingerprint density at radius 3 is 2.64 bits per heavy atom. The van der Waals surface area contributed by atoms with Gasteiger partial charge < -0.3 is 14.5 Å². The van der Waals surface area contributed by atoms with Crippen molar-refractivity contribution >= 4 is 34.3 Å². The molecule has 0 aliphatic heterocycles. The first kappa shape index (κ1) is 19.3. The van der Waals surface area contributed by atoms with E-state index in [0.717, 1.165) is 17.0 Å². The van der Waals surface area contributed by atoms with Gasteiger partial charge in [-0.25, -0.2) is 4.39 Å². The second-order valence-electron chi connectivity index (χ2n) is 6.40. The minimum atomic E-state index is -0.802. The maximum atomic E-state index is 14.1. The number of nitrogens with one attached hydrogen (secondary N) is 1. The zero-order chi connectivity index (χ0) is 20.3. The lowest BCUT2D eigenvalue weighted by molar-refractivity contribution is -0.141. The molecule has 0 aliphatic rings. The Labute approximate surface area is 160 Å². The molecule has 0 atom stereocenters. The van der Waals surface area contributed by atoms with E-state index in [4.69, 9.17) is 9.15 Å². The molecule has 1 amide bonds. The average molecular weight is 383 g/mol. The fourth-order valence-electron chi connectivity index (χ4n) is 2.78. The summed E-state index contributed by atoms with van der Waals surface area (Å²) >= 11 is 0. The van der Waals surface area contributed by atoms with Crippen LogP contribution >= 0.6 is 0 Å². The fourth-order valence-corrected chi connectivity index (χ4v) is 2.78. The first-order valence-corrected chi connectivity index (χ1v) is 8.56. The highest BCUT2D eigenvalue weighted by Crippen LogP contribution is 2.23. The zero-order valence-corrected chi connectivity index (χ0v) is 15.4. The molecule has 0 saturated heterocycles. The molecule has 0 spiro atoms. The number of hydrogen-bond acceptors (Lipinski definition) is 5. The maximum Gasteiger partial charge on any atom is 0.310 e. The molecule has 0 bridgehead atoms. The van der Waals surface area contributed by atoms with Crippen LogP contribution in [-0.4, -0.2) is 24.3 Å². The van der Waals surface area contributed by atoms with Crippen LogP contribution in [0.5, 0.6) is 0 Å². The van der Waals surface area contributed by atoms with Crippen molar-refractivity contribution in [3.63, 3.8) is 0 Å². The monoisotopic (exact) mass is 383 g/mol. The number of anilines is 1. The number of furan rings is 1. The van der Waals surface area contributed by atoms with Crippen LogP contribution in [0.4, 0.5) is 10.1 Å². The van der Waals surface area contributed by atoms with Crippen molar-refractivity contribution in [1.82, 2.24) is 0 Å². The lowest BCUT2D eigenvalue weighted by Gasteiger charge is -2.07. The van der Waals surface area contributed by atoms with Crippen molar-refractivity contribution in [3.05, 3.63) is 65.2 Å². The molecule has 1 heterocycles. The van der Waals surface area contributed by atoms with Gasteiger partial charge in [0.15, 0.2) is 6.61 Å². The van der Waals surface area contributed by atoms with Crippen LogP contribution in [0, 0.1) is 12.7 Å². The number of esters is 1. The third-order valence-electron chi connectivity index (χ3n) is 4.10. The Bertz CT molecular complexity index is 1070. The lowest BCUT2D eigenvalue weighted by Crippen LogP contribution is -2.17. The van der Waals surface area contributed by atoms with Crippen molar-refractivity contribution in [2.24, 2.45) is 0 Å². The molecule has 2 aromatic carbocycles. The van der Waals surface area contributed by atoms with Gasteiger partial charge in [0.25, 0.3) is 0 Å². The molecule has 0 aliphatic carbocycles. The molecule has 0 fully saturated rings. The number of halogens is 1. The summed E-state index contributed by atoms with van der Waals surface area (Å²) in [5.74, 6) is -2.45. The smallest absolute Gasteiger partial charge is 0.310 e. The lowest BCUT2D eigenvalue weighted by atomic mass is 10.1. The number of fused-ring (bicyclic) bond motifs is 1. The molecule has 6 nitrogen and oxygen atoms in total. The number of aryl methyl sites for hydroxylation is 1. The summed E-state index contributed by atoms with van der Waals surface area (Å²) in [7, 11) is 0. The fraction of sp³-hybridized carbons (Fsp3) is 0.190. The van der Waals surface area contributed by atoms with Crippen LogP contribution in [0.15, 0.2) is 47.1 Å². The maximum absolute atomic E-state index is 14.1. The van der Waals surface area contributed by atoms with E-state index in [1.807, 2.05) is 25.1 Å². The first-order valence-electron chi connectivity index (χ1n) is 8.56. The average Bonchev–Trinajstić information content (AvgIpc) is 3.01. The Morgan fingerprint density at radius 1 is 1.14 bits per heavy atom. The molecular weight excluding hydrogens is 365 g/mol. The topological polar surface area (TPSA) is 85.6 Å². The second kappa shape index (κ2) is 8.04. The Hall–Kier alpha value is -3.48. The molecule has 0 unspecified atom stereocenters. The summed E-state index contributed by atoms with van der Waals surface area (Å²) in [5, 5.41) is 3.22. The highest BCUT2D eigenvalue weighted by atomic mass is 19.1. The molecule has 144 valence electrons. The zero-order valence-electron chi connectivity index (χ0n) is 15.4. The van der Waals surface area contributed by atoms with Crippen molar-refractivity contribution in [2.45, 2.75) is 20.3 Å². The summed E-state index contributed by atoms with van der Waals surface area (Å²) < 4.78 is 24.5. The number of benzene rings is 2. The predicted molar refractivity (Wildman–Crippen MR) is 101 cm³/mol. The standard InChI is InChI=1S/C21H18FNO5/c1-12-3-5-16-14(10-27-20(16)7-12)8-21(26)28-11-19(25)17-6-4-15(9-18(17)22)23-13(2)24/h3-7,9-10H,8,11H2,1-2H3,(H,23,24). The SMILES string of the molecule is CC(=O)Nc1ccc(C(=O)COC(=O)Cc2coc3cc(C)ccc23)c(F)c1. The number of carbonyl (C=O) groups is 3. The highest BCUT2D eigenvalue weighted by molar-refractivity contribution is 5.99. The van der Waals surface area contributed by atoms with Gasteiger partial charge >= 0.3 is 5.97 Å². The predicted octanol–water partition coefficient (Wildman–Crippen LogP) is 3.81. The second-order valence-corrected chi connectivity index (χ2v) is 6.40. The number of carbonyl (C=O) groups excluding carboxylic acids is 3. The van der Waals surface area contributed by atoms with Gasteiger partial charge in [0, 0.05) is 23.6 Å². The summed E-state index contributed by atoms with van der Waals surface area (Å²) in [6.07, 6.45) is 1.42. The molecule has 1 N–H and O–H groups in total. The van der Waals surface area contributed by atoms with E-state index in [9.17, 15) is 18.8 Å². The van der Waals surface area contributed by atoms with Crippen molar-refractivity contribution < 1.29 is 27.9 Å². The van der Waals surface area contributed by atoms with E-state index in [1.54, 1.807) is 0 Å². The normalized spacial score (nSPS) is 10.7. The van der Waals surface area contributed by atoms with Crippen molar-refractivity contribution in [1.29, 1.82) is 0 Å². The number of rotatable bonds is 6. The highest BCUT2D eigenvalue weighted by Gasteiger charge is 2.17. The molecule has 7 heteroatoms. The molecule has 0 saturated carbocycles. The van der Waals surface area contributed by atoms with Gasteiger partial charge in [-0.15, -0.1) is 0 Å². The number of Topliss-reactive ketones (excluding diaryl/α,β-unsaturated/α-hetero) is 1. The largest absolute Gasteiger partial charge is 0.464 e.